The molecule has 0 atom stereocenters. The first-order chi connectivity index (χ1) is 9.33. The molecule has 3 rings (SSSR count). The quantitative estimate of drug-likeness (QED) is 0.505. The maximum atomic E-state index is 11.7. The Hall–Kier alpha value is -2.75. The van der Waals surface area contributed by atoms with Crippen molar-refractivity contribution in [3.8, 4) is 0 Å². The van der Waals surface area contributed by atoms with E-state index in [2.05, 4.69) is 10.2 Å². The largest absolute Gasteiger partial charge is 0.421 e. The second kappa shape index (κ2) is 4.86. The lowest BCUT2D eigenvalue weighted by Gasteiger charge is -1.96. The van der Waals surface area contributed by atoms with Gasteiger partial charge in [-0.1, -0.05) is 36.4 Å². The summed E-state index contributed by atoms with van der Waals surface area (Å²) in [6, 6.07) is 18.2. The van der Waals surface area contributed by atoms with Crippen molar-refractivity contribution in [1.82, 2.24) is 0 Å². The van der Waals surface area contributed by atoms with Crippen LogP contribution in [0.15, 0.2) is 80.1 Å². The number of rotatable bonds is 2. The minimum absolute atomic E-state index is 0.197. The molecule has 0 radical (unpaired) electrons. The summed E-state index contributed by atoms with van der Waals surface area (Å²) in [6.07, 6.45) is 0. The summed E-state index contributed by atoms with van der Waals surface area (Å²) in [5.74, 6) is 0. The van der Waals surface area contributed by atoms with Crippen molar-refractivity contribution in [2.45, 2.75) is 0 Å². The maximum Gasteiger partial charge on any atom is 0.364 e. The zero-order chi connectivity index (χ0) is 13.1. The van der Waals surface area contributed by atoms with Gasteiger partial charge in [0, 0.05) is 5.39 Å². The Labute approximate surface area is 109 Å². The Morgan fingerprint density at radius 3 is 2.42 bits per heavy atom. The van der Waals surface area contributed by atoms with Crippen LogP contribution in [0.3, 0.4) is 0 Å². The fourth-order valence-electron chi connectivity index (χ4n) is 1.73. The molecule has 4 nitrogen and oxygen atoms in total. The Kier molecular flexibility index (Phi) is 2.90. The SMILES string of the molecule is O=c1oc2ccccc2cc1N=Nc1ccccc1. The molecule has 0 bridgehead atoms. The molecule has 0 fully saturated rings. The first kappa shape index (κ1) is 11.3. The average Bonchev–Trinajstić information content (AvgIpc) is 2.46. The minimum atomic E-state index is -0.488. The maximum absolute atomic E-state index is 11.7. The highest BCUT2D eigenvalue weighted by atomic mass is 16.4. The van der Waals surface area contributed by atoms with Crippen LogP contribution in [0.25, 0.3) is 11.0 Å². The summed E-state index contributed by atoms with van der Waals surface area (Å²) in [5.41, 5.74) is 0.946. The van der Waals surface area contributed by atoms with Gasteiger partial charge < -0.3 is 4.42 Å². The van der Waals surface area contributed by atoms with Crippen LogP contribution in [0.1, 0.15) is 0 Å². The topological polar surface area (TPSA) is 54.9 Å². The molecular formula is C15H10N2O2. The number of nitrogens with zero attached hydrogens (tertiary/aromatic N) is 2. The molecule has 0 aliphatic carbocycles. The summed E-state index contributed by atoms with van der Waals surface area (Å²) in [6.45, 7) is 0. The predicted octanol–water partition coefficient (Wildman–Crippen LogP) is 4.21. The molecule has 0 saturated heterocycles. The van der Waals surface area contributed by atoms with Gasteiger partial charge in [0.05, 0.1) is 5.69 Å². The third-order valence-electron chi connectivity index (χ3n) is 2.65. The number of para-hydroxylation sites is 1. The van der Waals surface area contributed by atoms with Gasteiger partial charge in [0.1, 0.15) is 5.58 Å². The van der Waals surface area contributed by atoms with Crippen LogP contribution < -0.4 is 5.63 Å². The molecule has 92 valence electrons. The highest BCUT2D eigenvalue weighted by Crippen LogP contribution is 2.19. The van der Waals surface area contributed by atoms with Gasteiger partial charge in [-0.3, -0.25) is 0 Å². The molecule has 2 aromatic carbocycles. The molecule has 0 saturated carbocycles. The lowest BCUT2D eigenvalue weighted by Crippen LogP contribution is -1.96. The molecule has 1 heterocycles. The van der Waals surface area contributed by atoms with E-state index in [0.717, 1.165) is 5.39 Å². The fourth-order valence-corrected chi connectivity index (χ4v) is 1.73. The molecule has 4 heteroatoms. The van der Waals surface area contributed by atoms with Crippen LogP contribution >= 0.6 is 0 Å². The van der Waals surface area contributed by atoms with Crippen LogP contribution in [0.5, 0.6) is 0 Å². The van der Waals surface area contributed by atoms with E-state index in [4.69, 9.17) is 4.42 Å². The van der Waals surface area contributed by atoms with Gasteiger partial charge in [0.2, 0.25) is 0 Å². The van der Waals surface area contributed by atoms with Crippen molar-refractivity contribution >= 4 is 22.3 Å². The van der Waals surface area contributed by atoms with Crippen molar-refractivity contribution in [3.05, 3.63) is 71.1 Å². The Morgan fingerprint density at radius 2 is 1.58 bits per heavy atom. The van der Waals surface area contributed by atoms with E-state index in [1.165, 1.54) is 0 Å². The van der Waals surface area contributed by atoms with Crippen molar-refractivity contribution in [3.63, 3.8) is 0 Å². The van der Waals surface area contributed by atoms with Crippen molar-refractivity contribution < 1.29 is 4.42 Å². The minimum Gasteiger partial charge on any atom is -0.421 e. The average molecular weight is 250 g/mol. The molecule has 0 aliphatic rings. The van der Waals surface area contributed by atoms with E-state index in [1.54, 1.807) is 12.1 Å². The van der Waals surface area contributed by atoms with Gasteiger partial charge >= 0.3 is 5.63 Å². The lowest BCUT2D eigenvalue weighted by molar-refractivity contribution is 0.562. The smallest absolute Gasteiger partial charge is 0.364 e. The normalized spacial score (nSPS) is 11.2. The molecule has 0 aliphatic heterocycles. The summed E-state index contributed by atoms with van der Waals surface area (Å²) in [5, 5.41) is 8.78. The van der Waals surface area contributed by atoms with Crippen LogP contribution in [0, 0.1) is 0 Å². The van der Waals surface area contributed by atoms with E-state index in [9.17, 15) is 4.79 Å². The highest BCUT2D eigenvalue weighted by Gasteiger charge is 2.03. The van der Waals surface area contributed by atoms with E-state index in [-0.39, 0.29) is 5.69 Å². The zero-order valence-electron chi connectivity index (χ0n) is 9.98. The van der Waals surface area contributed by atoms with Crippen molar-refractivity contribution in [2.75, 3.05) is 0 Å². The third-order valence-corrected chi connectivity index (χ3v) is 2.65. The summed E-state index contributed by atoms with van der Waals surface area (Å²) in [4.78, 5) is 11.7. The summed E-state index contributed by atoms with van der Waals surface area (Å²) < 4.78 is 5.17. The van der Waals surface area contributed by atoms with Gasteiger partial charge in [-0.2, -0.15) is 5.11 Å². The standard InChI is InChI=1S/C15H10N2O2/c18-15-13(17-16-12-7-2-1-3-8-12)10-11-6-4-5-9-14(11)19-15/h1-10H. The van der Waals surface area contributed by atoms with Gasteiger partial charge in [-0.15, -0.1) is 5.11 Å². The molecule has 3 aromatic rings. The molecule has 0 spiro atoms. The van der Waals surface area contributed by atoms with Crippen LogP contribution in [0.4, 0.5) is 11.4 Å². The number of benzene rings is 2. The number of hydrogen-bond acceptors (Lipinski definition) is 4. The van der Waals surface area contributed by atoms with Gasteiger partial charge in [-0.25, -0.2) is 4.79 Å². The van der Waals surface area contributed by atoms with Crippen LogP contribution in [-0.4, -0.2) is 0 Å². The monoisotopic (exact) mass is 250 g/mol. The highest BCUT2D eigenvalue weighted by molar-refractivity contribution is 5.78. The lowest BCUT2D eigenvalue weighted by atomic mass is 10.2. The number of azo groups is 1. The number of hydrogen-bond donors (Lipinski definition) is 0. The second-order valence-corrected chi connectivity index (χ2v) is 3.99. The zero-order valence-corrected chi connectivity index (χ0v) is 9.98. The van der Waals surface area contributed by atoms with E-state index in [0.29, 0.717) is 11.3 Å². The Morgan fingerprint density at radius 1 is 0.842 bits per heavy atom. The van der Waals surface area contributed by atoms with E-state index >= 15 is 0 Å². The van der Waals surface area contributed by atoms with E-state index < -0.39 is 5.63 Å². The summed E-state index contributed by atoms with van der Waals surface area (Å²) >= 11 is 0. The van der Waals surface area contributed by atoms with Crippen LogP contribution in [-0.2, 0) is 0 Å². The molecule has 0 unspecified atom stereocenters. The molecular weight excluding hydrogens is 240 g/mol. The van der Waals surface area contributed by atoms with E-state index in [1.807, 2.05) is 48.5 Å². The summed E-state index contributed by atoms with van der Waals surface area (Å²) in [7, 11) is 0. The molecule has 19 heavy (non-hydrogen) atoms. The van der Waals surface area contributed by atoms with Crippen molar-refractivity contribution in [1.29, 1.82) is 0 Å². The van der Waals surface area contributed by atoms with Crippen LogP contribution in [0.2, 0.25) is 0 Å². The first-order valence-corrected chi connectivity index (χ1v) is 5.82. The van der Waals surface area contributed by atoms with Gasteiger partial charge in [0.15, 0.2) is 5.69 Å². The first-order valence-electron chi connectivity index (χ1n) is 5.82. The molecule has 0 N–H and O–H groups in total. The Balaban J connectivity index is 2.04. The molecule has 0 amide bonds. The Bertz CT molecular complexity index is 792. The third kappa shape index (κ3) is 2.42. The number of fused-ring (bicyclic) bond motifs is 1. The predicted molar refractivity (Wildman–Crippen MR) is 73.1 cm³/mol. The van der Waals surface area contributed by atoms with Gasteiger partial charge in [-0.05, 0) is 24.3 Å². The molecule has 1 aromatic heterocycles. The fraction of sp³-hybridized carbons (Fsp3) is 0. The van der Waals surface area contributed by atoms with Gasteiger partial charge in [0.25, 0.3) is 0 Å². The van der Waals surface area contributed by atoms with Crippen molar-refractivity contribution in [2.24, 2.45) is 10.2 Å². The second-order valence-electron chi connectivity index (χ2n) is 3.99.